The molecule has 0 saturated carbocycles. The van der Waals surface area contributed by atoms with E-state index < -0.39 is 34.6 Å². The zero-order chi connectivity index (χ0) is 18.5. The smallest absolute Gasteiger partial charge is 0.371 e. The molecule has 0 aliphatic carbocycles. The number of carbonyl (C=O) groups is 1. The Balaban J connectivity index is 2.98. The van der Waals surface area contributed by atoms with E-state index in [1.165, 1.54) is 29.0 Å². The van der Waals surface area contributed by atoms with Gasteiger partial charge in [0.1, 0.15) is 0 Å². The maximum Gasteiger partial charge on any atom is 0.472 e. The number of amides is 1. The molecule has 0 heterocycles. The largest absolute Gasteiger partial charge is 0.472 e. The second-order valence-electron chi connectivity index (χ2n) is 5.32. The Hall–Kier alpha value is -1.61. The maximum absolute atomic E-state index is 12.6. The molecule has 4 nitrogen and oxygen atoms in total. The number of nitrogens with one attached hydrogen (secondary N) is 1. The highest BCUT2D eigenvalue weighted by atomic mass is 32.2. The van der Waals surface area contributed by atoms with Crippen LogP contribution >= 0.6 is 0 Å². The molecule has 0 aliphatic rings. The predicted octanol–water partition coefficient (Wildman–Crippen LogP) is 3.18. The maximum atomic E-state index is 12.6. The van der Waals surface area contributed by atoms with Crippen molar-refractivity contribution in [2.45, 2.75) is 43.5 Å². The Kier molecular flexibility index (Phi) is 6.79. The average molecular weight is 369 g/mol. The molecule has 0 spiro atoms. The van der Waals surface area contributed by atoms with Crippen LogP contribution < -0.4 is 4.72 Å². The first-order valence-corrected chi connectivity index (χ1v) is 8.77. The van der Waals surface area contributed by atoms with Crippen molar-refractivity contribution in [3.8, 4) is 0 Å². The zero-order valence-corrected chi connectivity index (χ0v) is 14.0. The molecule has 136 valence electrons. The molecule has 0 saturated heterocycles. The average Bonchev–Trinajstić information content (AvgIpc) is 2.45. The van der Waals surface area contributed by atoms with Gasteiger partial charge in [-0.15, -0.1) is 0 Å². The van der Waals surface area contributed by atoms with Gasteiger partial charge in [0, 0.05) is 11.3 Å². The number of alkyl halides is 4. The topological polar surface area (TPSA) is 55.4 Å². The zero-order valence-electron chi connectivity index (χ0n) is 13.2. The van der Waals surface area contributed by atoms with Crippen LogP contribution in [0.15, 0.2) is 29.2 Å². The predicted molar refractivity (Wildman–Crippen MR) is 83.7 cm³/mol. The van der Waals surface area contributed by atoms with Crippen molar-refractivity contribution in [2.75, 3.05) is 6.67 Å². The lowest BCUT2D eigenvalue weighted by molar-refractivity contribution is -0.171. The Morgan fingerprint density at radius 2 is 1.83 bits per heavy atom. The highest BCUT2D eigenvalue weighted by Gasteiger charge is 2.40. The van der Waals surface area contributed by atoms with Crippen molar-refractivity contribution in [1.29, 1.82) is 0 Å². The van der Waals surface area contributed by atoms with Crippen LogP contribution in [0.4, 0.5) is 17.6 Å². The number of carbonyl (C=O) groups excluding carboxylic acids is 1. The van der Waals surface area contributed by atoms with E-state index in [0.717, 1.165) is 0 Å². The van der Waals surface area contributed by atoms with E-state index in [1.807, 2.05) is 0 Å². The third-order valence-electron chi connectivity index (χ3n) is 2.96. The molecule has 1 aromatic rings. The first-order valence-electron chi connectivity index (χ1n) is 7.05. The summed E-state index contributed by atoms with van der Waals surface area (Å²) in [4.78, 5) is 10.8. The van der Waals surface area contributed by atoms with E-state index in [0.29, 0.717) is 5.56 Å². The SMILES string of the molecule is C=S(=O)(NC(=O)C(F)(F)F)c1ccc(C(CCF)OC(C)C)cc1. The van der Waals surface area contributed by atoms with Gasteiger partial charge < -0.3 is 4.74 Å². The van der Waals surface area contributed by atoms with Crippen molar-refractivity contribution >= 4 is 21.5 Å². The summed E-state index contributed by atoms with van der Waals surface area (Å²) in [7, 11) is -3.65. The summed E-state index contributed by atoms with van der Waals surface area (Å²) in [6.07, 6.45) is -5.72. The third kappa shape index (κ3) is 5.79. The van der Waals surface area contributed by atoms with E-state index >= 15 is 0 Å². The molecule has 1 amide bonds. The fourth-order valence-electron chi connectivity index (χ4n) is 1.91. The van der Waals surface area contributed by atoms with E-state index in [9.17, 15) is 26.6 Å². The molecular formula is C15H19F4NO3S. The van der Waals surface area contributed by atoms with Crippen LogP contribution in [0, 0.1) is 0 Å². The summed E-state index contributed by atoms with van der Waals surface area (Å²) >= 11 is 0. The molecule has 9 heteroatoms. The molecular weight excluding hydrogens is 350 g/mol. The standard InChI is InChI=1S/C15H19F4NO3S/c1-10(2)23-13(8-9-16)11-4-6-12(7-5-11)24(3,22)20-14(21)15(17,18)19/h4-7,10,13H,3,8-9H2,1-2H3,(H,20,21,22). The van der Waals surface area contributed by atoms with Gasteiger partial charge in [0.05, 0.1) is 28.6 Å². The van der Waals surface area contributed by atoms with Gasteiger partial charge in [-0.1, -0.05) is 12.1 Å². The summed E-state index contributed by atoms with van der Waals surface area (Å²) in [6, 6.07) is 5.47. The quantitative estimate of drug-likeness (QED) is 0.593. The minimum atomic E-state index is -5.16. The van der Waals surface area contributed by atoms with Crippen molar-refractivity contribution in [3.05, 3.63) is 29.8 Å². The molecule has 0 aromatic heterocycles. The van der Waals surface area contributed by atoms with Crippen molar-refractivity contribution < 1.29 is 31.3 Å². The second-order valence-corrected chi connectivity index (χ2v) is 7.35. The van der Waals surface area contributed by atoms with Crippen LogP contribution in [-0.2, 0) is 19.2 Å². The number of hydrogen-bond acceptors (Lipinski definition) is 3. The van der Waals surface area contributed by atoms with Gasteiger partial charge in [-0.05, 0) is 37.4 Å². The number of hydrogen-bond donors (Lipinski definition) is 1. The van der Waals surface area contributed by atoms with Crippen LogP contribution in [-0.4, -0.2) is 34.9 Å². The van der Waals surface area contributed by atoms with Crippen LogP contribution in [0.5, 0.6) is 0 Å². The van der Waals surface area contributed by atoms with Crippen molar-refractivity contribution in [2.24, 2.45) is 0 Å². The van der Waals surface area contributed by atoms with Crippen molar-refractivity contribution in [1.82, 2.24) is 4.72 Å². The minimum absolute atomic E-state index is 0.0765. The highest BCUT2D eigenvalue weighted by Crippen LogP contribution is 2.25. The van der Waals surface area contributed by atoms with Gasteiger partial charge in [0.25, 0.3) is 0 Å². The minimum Gasteiger partial charge on any atom is -0.371 e. The molecule has 0 radical (unpaired) electrons. The molecule has 0 bridgehead atoms. The van der Waals surface area contributed by atoms with Crippen molar-refractivity contribution in [3.63, 3.8) is 0 Å². The lowest BCUT2D eigenvalue weighted by Crippen LogP contribution is -2.40. The van der Waals surface area contributed by atoms with Gasteiger partial charge in [-0.25, -0.2) is 4.21 Å². The number of rotatable bonds is 7. The molecule has 1 N–H and O–H groups in total. The first-order chi connectivity index (χ1) is 11.0. The Morgan fingerprint density at radius 3 is 2.25 bits per heavy atom. The highest BCUT2D eigenvalue weighted by molar-refractivity contribution is 7.99. The summed E-state index contributed by atoms with van der Waals surface area (Å²) in [5, 5.41) is 0. The molecule has 2 atom stereocenters. The number of ether oxygens (including phenoxy) is 1. The normalized spacial score (nSPS) is 15.8. The van der Waals surface area contributed by atoms with Crippen LogP contribution in [0.1, 0.15) is 31.9 Å². The fraction of sp³-hybridized carbons (Fsp3) is 0.467. The fourth-order valence-corrected chi connectivity index (χ4v) is 3.02. The summed E-state index contributed by atoms with van der Waals surface area (Å²) < 4.78 is 68.5. The van der Waals surface area contributed by atoms with Crippen LogP contribution in [0.25, 0.3) is 0 Å². The van der Waals surface area contributed by atoms with E-state index in [4.69, 9.17) is 4.74 Å². The van der Waals surface area contributed by atoms with E-state index in [1.54, 1.807) is 13.8 Å². The van der Waals surface area contributed by atoms with Gasteiger partial charge in [-0.2, -0.15) is 13.2 Å². The van der Waals surface area contributed by atoms with E-state index in [2.05, 4.69) is 5.87 Å². The van der Waals surface area contributed by atoms with E-state index in [-0.39, 0.29) is 17.4 Å². The summed E-state index contributed by atoms with van der Waals surface area (Å²) in [6.45, 7) is 2.97. The molecule has 1 aromatic carbocycles. The molecule has 1 rings (SSSR count). The Morgan fingerprint density at radius 1 is 1.29 bits per heavy atom. The van der Waals surface area contributed by atoms with Gasteiger partial charge >= 0.3 is 12.1 Å². The first kappa shape index (κ1) is 20.4. The number of halogens is 4. The van der Waals surface area contributed by atoms with Crippen LogP contribution in [0.2, 0.25) is 0 Å². The molecule has 0 fully saturated rings. The second kappa shape index (κ2) is 7.98. The number of benzene rings is 1. The monoisotopic (exact) mass is 369 g/mol. The Bertz CT molecular complexity index is 654. The molecule has 24 heavy (non-hydrogen) atoms. The summed E-state index contributed by atoms with van der Waals surface area (Å²) in [5.41, 5.74) is 0.586. The summed E-state index contributed by atoms with van der Waals surface area (Å²) in [5.74, 6) is 0.829. The lowest BCUT2D eigenvalue weighted by atomic mass is 10.1. The van der Waals surface area contributed by atoms with Gasteiger partial charge in [-0.3, -0.25) is 13.9 Å². The molecule has 2 unspecified atom stereocenters. The van der Waals surface area contributed by atoms with Gasteiger partial charge in [0.2, 0.25) is 0 Å². The lowest BCUT2D eigenvalue weighted by Gasteiger charge is -2.20. The van der Waals surface area contributed by atoms with Crippen LogP contribution in [0.3, 0.4) is 0 Å². The Labute approximate surface area is 138 Å². The van der Waals surface area contributed by atoms with Gasteiger partial charge in [0.15, 0.2) is 0 Å². The third-order valence-corrected chi connectivity index (χ3v) is 4.50. The molecule has 0 aliphatic heterocycles.